The number of hydrogen-bond acceptors (Lipinski definition) is 0. The molecule has 2 nitrogen and oxygen atoms in total. The topological polar surface area (TPSA) is 7.76 Å². The number of benzene rings is 3. The molecule has 0 amide bonds. The minimum atomic E-state index is 0.662. The number of para-hydroxylation sites is 1. The second-order valence-corrected chi connectivity index (χ2v) is 9.72. The smallest absolute Gasteiger partial charge is 0.205 e. The molecule has 154 valence electrons. The van der Waals surface area contributed by atoms with Crippen molar-refractivity contribution in [3.63, 3.8) is 0 Å². The molecule has 1 fully saturated rings. The van der Waals surface area contributed by atoms with E-state index in [-0.39, 0.29) is 0 Å². The van der Waals surface area contributed by atoms with E-state index in [1.807, 2.05) is 0 Å². The lowest BCUT2D eigenvalue weighted by atomic mass is 9.72. The van der Waals surface area contributed by atoms with Crippen molar-refractivity contribution in [2.75, 3.05) is 0 Å². The van der Waals surface area contributed by atoms with Gasteiger partial charge in [0.15, 0.2) is 11.2 Å². The Morgan fingerprint density at radius 2 is 1.75 bits per heavy atom. The van der Waals surface area contributed by atoms with Gasteiger partial charge < -0.3 is 0 Å². The lowest BCUT2D eigenvalue weighted by molar-refractivity contribution is -0.717. The van der Waals surface area contributed by atoms with E-state index in [1.54, 1.807) is 6.04 Å². The summed E-state index contributed by atoms with van der Waals surface area (Å²) < 4.78 is 5.11. The average Bonchev–Trinajstić information content (AvgIpc) is 3.45. The molecule has 0 spiro atoms. The Labute approximate surface area is 187 Å². The molecule has 3 heterocycles. The molecule has 2 aliphatic carbocycles. The molecule has 0 bridgehead atoms. The van der Waals surface area contributed by atoms with E-state index in [1.165, 1.54) is 75.6 Å². The van der Waals surface area contributed by atoms with Gasteiger partial charge in [-0.05, 0) is 35.4 Å². The zero-order valence-corrected chi connectivity index (χ0v) is 18.0. The highest BCUT2D eigenvalue weighted by Gasteiger charge is 2.49. The summed E-state index contributed by atoms with van der Waals surface area (Å²) in [6.45, 7) is 0. The summed E-state index contributed by atoms with van der Waals surface area (Å²) in [6.07, 6.45) is 7.57. The third-order valence-electron chi connectivity index (χ3n) is 8.19. The van der Waals surface area contributed by atoms with Crippen molar-refractivity contribution in [1.82, 2.24) is 0 Å². The van der Waals surface area contributed by atoms with Crippen molar-refractivity contribution < 1.29 is 9.13 Å². The SMILES string of the molecule is c1ccc(-c2ccc3c4c2-[n+]2c5c(ccc[n+]5[C-]4C4CCCC4C3)c3cccc[c-]32)cc1. The lowest BCUT2D eigenvalue weighted by Gasteiger charge is -2.38. The van der Waals surface area contributed by atoms with Gasteiger partial charge in [-0.3, -0.25) is 0 Å². The largest absolute Gasteiger partial charge is 0.371 e. The highest BCUT2D eigenvalue weighted by Crippen LogP contribution is 2.50. The monoisotopic (exact) mass is 412 g/mol. The maximum atomic E-state index is 2.56. The van der Waals surface area contributed by atoms with E-state index in [0.29, 0.717) is 5.92 Å². The fourth-order valence-corrected chi connectivity index (χ4v) is 6.95. The molecular weight excluding hydrogens is 388 g/mol. The van der Waals surface area contributed by atoms with Gasteiger partial charge in [-0.1, -0.05) is 73.4 Å². The number of pyridine rings is 1. The second-order valence-electron chi connectivity index (χ2n) is 9.72. The van der Waals surface area contributed by atoms with Gasteiger partial charge in [-0.15, -0.1) is 18.2 Å². The predicted octanol–water partition coefficient (Wildman–Crippen LogP) is 5.66. The van der Waals surface area contributed by atoms with Gasteiger partial charge in [0.05, 0.1) is 0 Å². The fourth-order valence-electron chi connectivity index (χ4n) is 6.95. The maximum absolute atomic E-state index is 2.56. The highest BCUT2D eigenvalue weighted by atomic mass is 15.2. The van der Waals surface area contributed by atoms with E-state index in [0.717, 1.165) is 5.92 Å². The van der Waals surface area contributed by atoms with Crippen molar-refractivity contribution in [2.24, 2.45) is 11.8 Å². The molecule has 2 aromatic heterocycles. The second kappa shape index (κ2) is 6.04. The molecule has 3 aliphatic rings. The summed E-state index contributed by atoms with van der Waals surface area (Å²) in [4.78, 5) is 0. The first-order valence-electron chi connectivity index (χ1n) is 11.9. The Balaban J connectivity index is 1.60. The molecule has 2 unspecified atom stereocenters. The van der Waals surface area contributed by atoms with Crippen LogP contribution in [0.15, 0.2) is 85.1 Å². The van der Waals surface area contributed by atoms with Gasteiger partial charge in [0, 0.05) is 22.4 Å². The number of hydrogen-bond donors (Lipinski definition) is 0. The number of aromatic nitrogens is 2. The van der Waals surface area contributed by atoms with E-state index >= 15 is 0 Å². The number of rotatable bonds is 1. The fraction of sp³-hybridized carbons (Fsp3) is 0.200. The van der Waals surface area contributed by atoms with Crippen LogP contribution in [0.25, 0.3) is 38.8 Å². The van der Waals surface area contributed by atoms with Gasteiger partial charge >= 0.3 is 5.65 Å². The van der Waals surface area contributed by atoms with Crippen LogP contribution in [0.4, 0.5) is 0 Å². The zero-order chi connectivity index (χ0) is 20.8. The van der Waals surface area contributed by atoms with Crippen LogP contribution in [0.5, 0.6) is 0 Å². The first-order valence-corrected chi connectivity index (χ1v) is 11.9. The van der Waals surface area contributed by atoms with Gasteiger partial charge in [0.25, 0.3) is 0 Å². The lowest BCUT2D eigenvalue weighted by Crippen LogP contribution is -2.58. The first-order chi connectivity index (χ1) is 15.9. The van der Waals surface area contributed by atoms with Crippen molar-refractivity contribution in [1.29, 1.82) is 0 Å². The third kappa shape index (κ3) is 2.01. The predicted molar refractivity (Wildman–Crippen MR) is 126 cm³/mol. The maximum Gasteiger partial charge on any atom is 0.371 e. The van der Waals surface area contributed by atoms with Gasteiger partial charge in [0.1, 0.15) is 12.2 Å². The molecule has 8 rings (SSSR count). The van der Waals surface area contributed by atoms with Gasteiger partial charge in [-0.2, -0.15) is 4.57 Å². The molecule has 32 heavy (non-hydrogen) atoms. The van der Waals surface area contributed by atoms with Gasteiger partial charge in [0.2, 0.25) is 0 Å². The summed E-state index contributed by atoms with van der Waals surface area (Å²) in [7, 11) is 0. The molecule has 1 saturated carbocycles. The quantitative estimate of drug-likeness (QED) is 0.248. The minimum absolute atomic E-state index is 0.662. The molecule has 0 saturated heterocycles. The average molecular weight is 413 g/mol. The molecule has 0 N–H and O–H groups in total. The van der Waals surface area contributed by atoms with Crippen LogP contribution in [0.1, 0.15) is 30.4 Å². The van der Waals surface area contributed by atoms with Crippen LogP contribution in [-0.4, -0.2) is 0 Å². The van der Waals surface area contributed by atoms with Crippen LogP contribution in [0, 0.1) is 17.9 Å². The first kappa shape index (κ1) is 17.1. The van der Waals surface area contributed by atoms with Crippen LogP contribution in [0.3, 0.4) is 0 Å². The van der Waals surface area contributed by atoms with Crippen molar-refractivity contribution in [2.45, 2.75) is 25.7 Å². The summed E-state index contributed by atoms with van der Waals surface area (Å²) in [6, 6.07) is 30.8. The highest BCUT2D eigenvalue weighted by molar-refractivity contribution is 6.02. The van der Waals surface area contributed by atoms with Gasteiger partial charge in [-0.25, -0.2) is 4.57 Å². The minimum Gasteiger partial charge on any atom is -0.205 e. The third-order valence-corrected chi connectivity index (χ3v) is 8.19. The Kier molecular flexibility index (Phi) is 3.22. The molecular formula is C30H24N2. The van der Waals surface area contributed by atoms with E-state index in [9.17, 15) is 0 Å². The number of fused-ring (bicyclic) bond motifs is 7. The summed E-state index contributed by atoms with van der Waals surface area (Å²) >= 11 is 0. The Bertz CT molecular complexity index is 1540. The summed E-state index contributed by atoms with van der Waals surface area (Å²) in [5.41, 5.74) is 9.71. The normalized spacial score (nSPS) is 20.6. The summed E-state index contributed by atoms with van der Waals surface area (Å²) in [5, 5.41) is 2.70. The van der Waals surface area contributed by atoms with Crippen LogP contribution in [0.2, 0.25) is 0 Å². The van der Waals surface area contributed by atoms with E-state index in [4.69, 9.17) is 0 Å². The van der Waals surface area contributed by atoms with E-state index in [2.05, 4.69) is 94.2 Å². The van der Waals surface area contributed by atoms with E-state index < -0.39 is 0 Å². The molecule has 0 radical (unpaired) electrons. The Morgan fingerprint density at radius 3 is 2.69 bits per heavy atom. The number of nitrogens with zero attached hydrogens (tertiary/aromatic N) is 2. The molecule has 1 aliphatic heterocycles. The van der Waals surface area contributed by atoms with Crippen LogP contribution < -0.4 is 9.13 Å². The molecule has 5 aromatic rings. The van der Waals surface area contributed by atoms with Crippen molar-refractivity contribution in [3.8, 4) is 16.8 Å². The molecule has 3 aromatic carbocycles. The standard InChI is InChI=1S/C30H24N2/c1-2-8-19(9-3-1)23-16-15-21-18-20-10-6-12-22(20)28-27(21)29(23)32-26-14-5-4-11-24(26)25-13-7-17-31(28)30(25)32/h1-5,7-9,11,13-17,20,22H,6,10,12,18H2. The van der Waals surface area contributed by atoms with Crippen LogP contribution in [-0.2, 0) is 6.42 Å². The molecule has 2 atom stereocenters. The van der Waals surface area contributed by atoms with Crippen molar-refractivity contribution in [3.05, 3.63) is 102 Å². The Morgan fingerprint density at radius 1 is 0.844 bits per heavy atom. The summed E-state index contributed by atoms with van der Waals surface area (Å²) in [5.74, 6) is 1.45. The molecule has 2 heteroatoms. The van der Waals surface area contributed by atoms with Crippen LogP contribution >= 0.6 is 0 Å². The Hall–Kier alpha value is -3.52. The zero-order valence-electron chi connectivity index (χ0n) is 18.0. The van der Waals surface area contributed by atoms with Crippen molar-refractivity contribution >= 4 is 21.9 Å².